The first kappa shape index (κ1) is 20.7. The molecule has 1 fully saturated rings. The Morgan fingerprint density at radius 2 is 1.80 bits per heavy atom. The minimum atomic E-state index is -2.97. The molecule has 0 radical (unpaired) electrons. The maximum Gasteiger partial charge on any atom is 0.275 e. The summed E-state index contributed by atoms with van der Waals surface area (Å²) in [5, 5.41) is 10.7. The van der Waals surface area contributed by atoms with Gasteiger partial charge in [0.2, 0.25) is 0 Å². The van der Waals surface area contributed by atoms with Gasteiger partial charge in [-0.15, -0.1) is 0 Å². The summed E-state index contributed by atoms with van der Waals surface area (Å²) in [6.45, 7) is 6.79. The van der Waals surface area contributed by atoms with E-state index < -0.39 is 9.84 Å². The van der Waals surface area contributed by atoms with Crippen LogP contribution in [0.2, 0.25) is 0 Å². The molecule has 1 aliphatic heterocycles. The molecular formula is C21H27N5O3S. The van der Waals surface area contributed by atoms with Crippen molar-refractivity contribution in [1.29, 1.82) is 0 Å². The molecule has 0 amide bonds. The Bertz CT molecular complexity index is 1280. The maximum atomic E-state index is 12.8. The van der Waals surface area contributed by atoms with Crippen LogP contribution in [0.3, 0.4) is 0 Å². The smallest absolute Gasteiger partial charge is 0.275 e. The topological polar surface area (TPSA) is 90.1 Å². The monoisotopic (exact) mass is 429 g/mol. The van der Waals surface area contributed by atoms with Gasteiger partial charge in [0.05, 0.1) is 41.0 Å². The lowest BCUT2D eigenvalue weighted by molar-refractivity contribution is 0.239. The third kappa shape index (κ3) is 3.79. The number of hydrogen-bond acceptors (Lipinski definition) is 6. The molecule has 1 atom stereocenters. The Morgan fingerprint density at radius 1 is 1.10 bits per heavy atom. The quantitative estimate of drug-likeness (QED) is 0.616. The zero-order valence-electron chi connectivity index (χ0n) is 17.8. The lowest BCUT2D eigenvalue weighted by Gasteiger charge is -2.19. The number of hydrogen-bond donors (Lipinski definition) is 0. The highest BCUT2D eigenvalue weighted by Crippen LogP contribution is 2.27. The molecule has 1 aromatic carbocycles. The Morgan fingerprint density at radius 3 is 2.47 bits per heavy atom. The molecule has 30 heavy (non-hydrogen) atoms. The van der Waals surface area contributed by atoms with Crippen LogP contribution < -0.4 is 5.56 Å². The number of benzene rings is 1. The van der Waals surface area contributed by atoms with E-state index in [2.05, 4.69) is 10.2 Å². The number of aryl methyl sites for hydroxylation is 2. The van der Waals surface area contributed by atoms with Gasteiger partial charge in [-0.1, -0.05) is 18.2 Å². The molecule has 8 nitrogen and oxygen atoms in total. The molecule has 0 saturated carbocycles. The average molecular weight is 430 g/mol. The van der Waals surface area contributed by atoms with Gasteiger partial charge in [0.25, 0.3) is 5.56 Å². The van der Waals surface area contributed by atoms with Crippen LogP contribution in [0, 0.1) is 20.8 Å². The summed E-state index contributed by atoms with van der Waals surface area (Å²) in [6, 6.07) is 7.42. The molecule has 2 aromatic heterocycles. The molecule has 4 rings (SSSR count). The van der Waals surface area contributed by atoms with Crippen LogP contribution in [0.4, 0.5) is 0 Å². The summed E-state index contributed by atoms with van der Waals surface area (Å²) in [7, 11) is -1.03. The fourth-order valence-electron chi connectivity index (χ4n) is 4.30. The van der Waals surface area contributed by atoms with Crippen molar-refractivity contribution < 1.29 is 8.42 Å². The van der Waals surface area contributed by atoms with Gasteiger partial charge in [-0.3, -0.25) is 14.4 Å². The van der Waals surface area contributed by atoms with Crippen molar-refractivity contribution in [3.05, 3.63) is 57.3 Å². The lowest BCUT2D eigenvalue weighted by atomic mass is 10.1. The van der Waals surface area contributed by atoms with E-state index in [0.29, 0.717) is 25.0 Å². The largest absolute Gasteiger partial charge is 0.283 e. The van der Waals surface area contributed by atoms with E-state index in [0.717, 1.165) is 28.0 Å². The van der Waals surface area contributed by atoms with Crippen LogP contribution in [-0.2, 0) is 23.1 Å². The first-order valence-corrected chi connectivity index (χ1v) is 11.9. The maximum absolute atomic E-state index is 12.8. The first-order chi connectivity index (χ1) is 14.2. The van der Waals surface area contributed by atoms with E-state index in [1.54, 1.807) is 0 Å². The Labute approximate surface area is 176 Å². The predicted molar refractivity (Wildman–Crippen MR) is 116 cm³/mol. The van der Waals surface area contributed by atoms with Crippen molar-refractivity contribution in [3.63, 3.8) is 0 Å². The number of sulfone groups is 1. The fourth-order valence-corrected chi connectivity index (χ4v) is 5.99. The summed E-state index contributed by atoms with van der Waals surface area (Å²) in [5.41, 5.74) is 3.65. The average Bonchev–Trinajstić information content (AvgIpc) is 3.19. The molecule has 0 unspecified atom stereocenters. The molecule has 0 bridgehead atoms. The van der Waals surface area contributed by atoms with Crippen LogP contribution in [-0.4, -0.2) is 51.4 Å². The van der Waals surface area contributed by atoms with Gasteiger partial charge in [0.1, 0.15) is 0 Å². The van der Waals surface area contributed by atoms with Gasteiger partial charge in [0.15, 0.2) is 9.84 Å². The fraction of sp³-hybridized carbons (Fsp3) is 0.476. The summed E-state index contributed by atoms with van der Waals surface area (Å²) in [4.78, 5) is 14.9. The highest BCUT2D eigenvalue weighted by Gasteiger charge is 2.31. The standard InChI is InChI=1S/C21H27N5O3S/c1-14-18-7-5-6-8-19(18)21(27)25(22-14)13-24(4)11-20-15(2)23-26(16(20)3)17-9-10-30(28,29)12-17/h5-8,17H,9-13H2,1-4H3/t17-/m0/s1. The van der Waals surface area contributed by atoms with E-state index >= 15 is 0 Å². The highest BCUT2D eigenvalue weighted by atomic mass is 32.2. The lowest BCUT2D eigenvalue weighted by Crippen LogP contribution is -2.32. The van der Waals surface area contributed by atoms with E-state index in [1.807, 2.05) is 61.7 Å². The molecule has 1 saturated heterocycles. The van der Waals surface area contributed by atoms with E-state index in [9.17, 15) is 13.2 Å². The first-order valence-electron chi connectivity index (χ1n) is 10.1. The molecule has 3 aromatic rings. The van der Waals surface area contributed by atoms with E-state index in [-0.39, 0.29) is 23.1 Å². The molecule has 0 spiro atoms. The Balaban J connectivity index is 1.57. The Hall–Kier alpha value is -2.52. The van der Waals surface area contributed by atoms with Gasteiger partial charge in [-0.2, -0.15) is 10.2 Å². The summed E-state index contributed by atoms with van der Waals surface area (Å²) < 4.78 is 27.1. The van der Waals surface area contributed by atoms with Crippen LogP contribution >= 0.6 is 0 Å². The van der Waals surface area contributed by atoms with Crippen molar-refractivity contribution >= 4 is 20.6 Å². The molecular weight excluding hydrogens is 402 g/mol. The molecule has 0 N–H and O–H groups in total. The van der Waals surface area contributed by atoms with Crippen molar-refractivity contribution in [2.45, 2.75) is 46.4 Å². The van der Waals surface area contributed by atoms with E-state index in [1.165, 1.54) is 4.68 Å². The van der Waals surface area contributed by atoms with Gasteiger partial charge < -0.3 is 0 Å². The van der Waals surface area contributed by atoms with Gasteiger partial charge in [0, 0.05) is 23.2 Å². The van der Waals surface area contributed by atoms with E-state index in [4.69, 9.17) is 0 Å². The number of aromatic nitrogens is 4. The van der Waals surface area contributed by atoms with Crippen LogP contribution in [0.15, 0.2) is 29.1 Å². The second-order valence-corrected chi connectivity index (χ2v) is 10.5. The molecule has 0 aliphatic carbocycles. The third-order valence-electron chi connectivity index (χ3n) is 5.88. The van der Waals surface area contributed by atoms with Crippen molar-refractivity contribution in [1.82, 2.24) is 24.5 Å². The second kappa shape index (κ2) is 7.63. The third-order valence-corrected chi connectivity index (χ3v) is 7.64. The van der Waals surface area contributed by atoms with Crippen LogP contribution in [0.25, 0.3) is 10.8 Å². The predicted octanol–water partition coefficient (Wildman–Crippen LogP) is 1.97. The number of nitrogens with zero attached hydrogens (tertiary/aromatic N) is 5. The van der Waals surface area contributed by atoms with Crippen LogP contribution in [0.1, 0.15) is 35.1 Å². The zero-order valence-corrected chi connectivity index (χ0v) is 18.6. The van der Waals surface area contributed by atoms with Crippen molar-refractivity contribution in [2.75, 3.05) is 18.6 Å². The van der Waals surface area contributed by atoms with Crippen LogP contribution in [0.5, 0.6) is 0 Å². The van der Waals surface area contributed by atoms with Gasteiger partial charge in [-0.25, -0.2) is 13.1 Å². The molecule has 1 aliphatic rings. The van der Waals surface area contributed by atoms with Gasteiger partial charge >= 0.3 is 0 Å². The minimum absolute atomic E-state index is 0.0971. The van der Waals surface area contributed by atoms with Gasteiger partial charge in [-0.05, 0) is 40.3 Å². The molecule has 3 heterocycles. The zero-order chi connectivity index (χ0) is 21.6. The molecule has 160 valence electrons. The minimum Gasteiger partial charge on any atom is -0.283 e. The highest BCUT2D eigenvalue weighted by molar-refractivity contribution is 7.91. The molecule has 9 heteroatoms. The van der Waals surface area contributed by atoms with Crippen molar-refractivity contribution in [3.8, 4) is 0 Å². The summed E-state index contributed by atoms with van der Waals surface area (Å²) >= 11 is 0. The normalized spacial score (nSPS) is 18.5. The number of fused-ring (bicyclic) bond motifs is 1. The Kier molecular flexibility index (Phi) is 5.27. The summed E-state index contributed by atoms with van der Waals surface area (Å²) in [6.07, 6.45) is 0.606. The second-order valence-electron chi connectivity index (χ2n) is 8.24. The number of rotatable bonds is 5. The van der Waals surface area contributed by atoms with Crippen molar-refractivity contribution in [2.24, 2.45) is 0 Å². The SMILES string of the molecule is Cc1nn([C@H]2CCS(=O)(=O)C2)c(C)c1CN(C)Cn1nc(C)c2ccccc2c1=O. The summed E-state index contributed by atoms with van der Waals surface area (Å²) in [5.74, 6) is 0.376.